The van der Waals surface area contributed by atoms with Gasteiger partial charge in [-0.3, -0.25) is 0 Å². The zero-order valence-corrected chi connectivity index (χ0v) is 7.99. The van der Waals surface area contributed by atoms with Crippen molar-refractivity contribution in [1.82, 2.24) is 0 Å². The predicted molar refractivity (Wildman–Crippen MR) is 53.6 cm³/mol. The second-order valence-electron chi connectivity index (χ2n) is 2.47. The summed E-state index contributed by atoms with van der Waals surface area (Å²) in [7, 11) is 0. The maximum atomic E-state index is 8.86. The van der Waals surface area contributed by atoms with Gasteiger partial charge in [-0.05, 0) is 39.4 Å². The summed E-state index contributed by atoms with van der Waals surface area (Å²) < 4.78 is 0. The Labute approximate surface area is 78.9 Å². The van der Waals surface area contributed by atoms with Gasteiger partial charge in [0.05, 0.1) is 6.61 Å². The molecule has 0 amide bonds. The van der Waals surface area contributed by atoms with Crippen molar-refractivity contribution in [1.29, 1.82) is 0 Å². The molecule has 0 bridgehead atoms. The van der Waals surface area contributed by atoms with Crippen LogP contribution >= 0.6 is 22.7 Å². The molecule has 2 aromatic rings. The largest absolute Gasteiger partial charge is 0.391 e. The Morgan fingerprint density at radius 2 is 2.17 bits per heavy atom. The average molecular weight is 196 g/mol. The van der Waals surface area contributed by atoms with Gasteiger partial charge in [-0.2, -0.15) is 11.3 Å². The fourth-order valence-electron chi connectivity index (χ4n) is 1.04. The van der Waals surface area contributed by atoms with E-state index in [0.29, 0.717) is 0 Å². The topological polar surface area (TPSA) is 20.2 Å². The lowest BCUT2D eigenvalue weighted by Gasteiger charge is -1.87. The Kier molecular flexibility index (Phi) is 2.26. The highest BCUT2D eigenvalue weighted by atomic mass is 32.1. The first-order valence-electron chi connectivity index (χ1n) is 3.61. The van der Waals surface area contributed by atoms with Crippen LogP contribution in [0.1, 0.15) is 4.88 Å². The van der Waals surface area contributed by atoms with Crippen molar-refractivity contribution in [3.05, 3.63) is 33.2 Å². The lowest BCUT2D eigenvalue weighted by atomic mass is 10.2. The van der Waals surface area contributed by atoms with E-state index in [1.165, 1.54) is 11.1 Å². The van der Waals surface area contributed by atoms with Crippen LogP contribution in [0.3, 0.4) is 0 Å². The number of aliphatic hydroxyl groups is 1. The fourth-order valence-corrected chi connectivity index (χ4v) is 2.46. The second-order valence-corrected chi connectivity index (χ2v) is 4.25. The van der Waals surface area contributed by atoms with E-state index < -0.39 is 0 Å². The molecule has 0 aliphatic rings. The average Bonchev–Trinajstić information content (AvgIpc) is 2.75. The van der Waals surface area contributed by atoms with Crippen LogP contribution in [-0.2, 0) is 6.61 Å². The standard InChI is InChI=1S/C9H8OS2/c10-4-9-3-8(6-12-9)7-1-2-11-5-7/h1-3,5-6,10H,4H2. The highest BCUT2D eigenvalue weighted by molar-refractivity contribution is 7.10. The smallest absolute Gasteiger partial charge is 0.0774 e. The van der Waals surface area contributed by atoms with Crippen molar-refractivity contribution < 1.29 is 5.11 Å². The van der Waals surface area contributed by atoms with Crippen molar-refractivity contribution in [3.8, 4) is 11.1 Å². The maximum Gasteiger partial charge on any atom is 0.0774 e. The molecule has 0 saturated carbocycles. The minimum absolute atomic E-state index is 0.148. The highest BCUT2D eigenvalue weighted by Gasteiger charge is 2.00. The third kappa shape index (κ3) is 1.43. The third-order valence-electron chi connectivity index (χ3n) is 1.66. The van der Waals surface area contributed by atoms with E-state index in [4.69, 9.17) is 5.11 Å². The zero-order chi connectivity index (χ0) is 8.39. The molecular weight excluding hydrogens is 188 g/mol. The minimum Gasteiger partial charge on any atom is -0.391 e. The van der Waals surface area contributed by atoms with E-state index in [1.54, 1.807) is 22.7 Å². The van der Waals surface area contributed by atoms with Gasteiger partial charge >= 0.3 is 0 Å². The first kappa shape index (κ1) is 7.98. The van der Waals surface area contributed by atoms with Gasteiger partial charge in [-0.1, -0.05) is 0 Å². The van der Waals surface area contributed by atoms with Gasteiger partial charge in [-0.15, -0.1) is 11.3 Å². The molecule has 0 aliphatic carbocycles. The number of hydrogen-bond donors (Lipinski definition) is 1. The lowest BCUT2D eigenvalue weighted by molar-refractivity contribution is 0.285. The summed E-state index contributed by atoms with van der Waals surface area (Å²) in [5.74, 6) is 0. The van der Waals surface area contributed by atoms with Crippen LogP contribution in [0, 0.1) is 0 Å². The van der Waals surface area contributed by atoms with Crippen LogP contribution in [0.5, 0.6) is 0 Å². The molecule has 1 N–H and O–H groups in total. The van der Waals surface area contributed by atoms with Gasteiger partial charge < -0.3 is 5.11 Å². The quantitative estimate of drug-likeness (QED) is 0.783. The number of rotatable bonds is 2. The monoisotopic (exact) mass is 196 g/mol. The summed E-state index contributed by atoms with van der Waals surface area (Å²) in [6.45, 7) is 0.148. The first-order chi connectivity index (χ1) is 5.90. The van der Waals surface area contributed by atoms with Gasteiger partial charge in [0.25, 0.3) is 0 Å². The van der Waals surface area contributed by atoms with E-state index in [1.807, 2.05) is 6.07 Å². The van der Waals surface area contributed by atoms with Crippen molar-refractivity contribution in [2.24, 2.45) is 0 Å². The molecule has 0 saturated heterocycles. The lowest BCUT2D eigenvalue weighted by Crippen LogP contribution is -1.71. The molecule has 0 unspecified atom stereocenters. The third-order valence-corrected chi connectivity index (χ3v) is 3.27. The van der Waals surface area contributed by atoms with E-state index in [2.05, 4.69) is 22.2 Å². The number of hydrogen-bond acceptors (Lipinski definition) is 3. The minimum atomic E-state index is 0.148. The molecular formula is C9H8OS2. The molecule has 0 aromatic carbocycles. The van der Waals surface area contributed by atoms with E-state index in [0.717, 1.165) is 4.88 Å². The molecule has 0 aliphatic heterocycles. The van der Waals surface area contributed by atoms with Gasteiger partial charge in [0.1, 0.15) is 0 Å². The van der Waals surface area contributed by atoms with Crippen molar-refractivity contribution in [2.75, 3.05) is 0 Å². The second kappa shape index (κ2) is 3.39. The summed E-state index contributed by atoms with van der Waals surface area (Å²) in [5, 5.41) is 15.1. The van der Waals surface area contributed by atoms with Crippen LogP contribution in [0.2, 0.25) is 0 Å². The van der Waals surface area contributed by atoms with Crippen LogP contribution in [0.4, 0.5) is 0 Å². The summed E-state index contributed by atoms with van der Waals surface area (Å²) in [5.41, 5.74) is 2.46. The Morgan fingerprint density at radius 1 is 1.25 bits per heavy atom. The highest BCUT2D eigenvalue weighted by Crippen LogP contribution is 2.27. The summed E-state index contributed by atoms with van der Waals surface area (Å²) in [6, 6.07) is 4.13. The molecule has 2 aromatic heterocycles. The molecule has 0 atom stereocenters. The first-order valence-corrected chi connectivity index (χ1v) is 5.43. The molecule has 3 heteroatoms. The Bertz CT molecular complexity index is 348. The molecule has 2 heterocycles. The van der Waals surface area contributed by atoms with E-state index >= 15 is 0 Å². The van der Waals surface area contributed by atoms with Gasteiger partial charge in [0.15, 0.2) is 0 Å². The summed E-state index contributed by atoms with van der Waals surface area (Å²) in [6.07, 6.45) is 0. The molecule has 12 heavy (non-hydrogen) atoms. The van der Waals surface area contributed by atoms with Gasteiger partial charge in [0.2, 0.25) is 0 Å². The SMILES string of the molecule is OCc1cc(-c2ccsc2)cs1. The zero-order valence-electron chi connectivity index (χ0n) is 6.36. The van der Waals surface area contributed by atoms with Crippen LogP contribution in [-0.4, -0.2) is 5.11 Å². The number of aliphatic hydroxyl groups excluding tert-OH is 1. The molecule has 0 fully saturated rings. The fraction of sp³-hybridized carbons (Fsp3) is 0.111. The van der Waals surface area contributed by atoms with Crippen LogP contribution < -0.4 is 0 Å². The molecule has 1 nitrogen and oxygen atoms in total. The van der Waals surface area contributed by atoms with E-state index in [-0.39, 0.29) is 6.61 Å². The van der Waals surface area contributed by atoms with Gasteiger partial charge in [-0.25, -0.2) is 0 Å². The van der Waals surface area contributed by atoms with Crippen LogP contribution in [0.15, 0.2) is 28.3 Å². The molecule has 62 valence electrons. The predicted octanol–water partition coefficient (Wildman–Crippen LogP) is 2.97. The van der Waals surface area contributed by atoms with Crippen molar-refractivity contribution in [3.63, 3.8) is 0 Å². The van der Waals surface area contributed by atoms with Crippen LogP contribution in [0.25, 0.3) is 11.1 Å². The van der Waals surface area contributed by atoms with E-state index in [9.17, 15) is 0 Å². The maximum absolute atomic E-state index is 8.86. The normalized spacial score (nSPS) is 10.4. The van der Waals surface area contributed by atoms with Crippen molar-refractivity contribution in [2.45, 2.75) is 6.61 Å². The summed E-state index contributed by atoms with van der Waals surface area (Å²) >= 11 is 3.30. The Hall–Kier alpha value is -0.640. The molecule has 0 radical (unpaired) electrons. The number of thiophene rings is 2. The summed E-state index contributed by atoms with van der Waals surface area (Å²) in [4.78, 5) is 1.02. The Morgan fingerprint density at radius 3 is 2.75 bits per heavy atom. The van der Waals surface area contributed by atoms with Crippen molar-refractivity contribution >= 4 is 22.7 Å². The molecule has 2 rings (SSSR count). The molecule has 0 spiro atoms. The van der Waals surface area contributed by atoms with Gasteiger partial charge in [0, 0.05) is 4.88 Å². The Balaban J connectivity index is 2.35.